The molecule has 1 heterocycles. The van der Waals surface area contributed by atoms with Crippen molar-refractivity contribution in [2.24, 2.45) is 0 Å². The Bertz CT molecular complexity index is 932. The third kappa shape index (κ3) is 2.91. The average molecular weight is 330 g/mol. The monoisotopic (exact) mass is 329 g/mol. The zero-order chi connectivity index (χ0) is 16.4. The molecule has 0 aliphatic rings. The predicted molar refractivity (Wildman–Crippen MR) is 89.2 cm³/mol. The molecule has 0 amide bonds. The van der Waals surface area contributed by atoms with E-state index in [2.05, 4.69) is 5.32 Å². The van der Waals surface area contributed by atoms with E-state index < -0.39 is 5.43 Å². The van der Waals surface area contributed by atoms with E-state index >= 15 is 0 Å². The van der Waals surface area contributed by atoms with Gasteiger partial charge in [-0.2, -0.15) is 0 Å². The lowest BCUT2D eigenvalue weighted by molar-refractivity contribution is 0.112. The van der Waals surface area contributed by atoms with E-state index in [4.69, 9.17) is 20.8 Å². The highest BCUT2D eigenvalue weighted by atomic mass is 35.5. The number of methoxy groups -OCH3 is 1. The Morgan fingerprint density at radius 3 is 2.57 bits per heavy atom. The molecule has 0 unspecified atom stereocenters. The summed E-state index contributed by atoms with van der Waals surface area (Å²) < 4.78 is 10.7. The van der Waals surface area contributed by atoms with Crippen LogP contribution in [0.4, 0.5) is 11.6 Å². The van der Waals surface area contributed by atoms with Crippen molar-refractivity contribution in [3.63, 3.8) is 0 Å². The van der Waals surface area contributed by atoms with Crippen molar-refractivity contribution in [2.75, 3.05) is 12.4 Å². The first-order valence-electron chi connectivity index (χ1n) is 6.75. The van der Waals surface area contributed by atoms with Crippen LogP contribution in [0.5, 0.6) is 5.75 Å². The van der Waals surface area contributed by atoms with Gasteiger partial charge in [-0.25, -0.2) is 0 Å². The maximum absolute atomic E-state index is 12.4. The van der Waals surface area contributed by atoms with Crippen LogP contribution >= 0.6 is 11.6 Å². The Balaban J connectivity index is 2.10. The van der Waals surface area contributed by atoms with Gasteiger partial charge in [-0.15, -0.1) is 0 Å². The Morgan fingerprint density at radius 2 is 1.91 bits per heavy atom. The normalized spacial score (nSPS) is 10.5. The number of ether oxygens (including phenoxy) is 1. The van der Waals surface area contributed by atoms with Gasteiger partial charge in [-0.1, -0.05) is 11.6 Å². The summed E-state index contributed by atoms with van der Waals surface area (Å²) in [7, 11) is 1.57. The maximum atomic E-state index is 12.4. The van der Waals surface area contributed by atoms with Crippen molar-refractivity contribution < 1.29 is 13.9 Å². The van der Waals surface area contributed by atoms with Crippen LogP contribution in [0.1, 0.15) is 10.4 Å². The van der Waals surface area contributed by atoms with Crippen molar-refractivity contribution in [1.29, 1.82) is 0 Å². The molecular weight excluding hydrogens is 318 g/mol. The second kappa shape index (κ2) is 6.14. The van der Waals surface area contributed by atoms with Gasteiger partial charge >= 0.3 is 0 Å². The van der Waals surface area contributed by atoms with Gasteiger partial charge < -0.3 is 14.5 Å². The van der Waals surface area contributed by atoms with E-state index in [-0.39, 0.29) is 16.8 Å². The molecule has 0 aliphatic carbocycles. The molecule has 0 radical (unpaired) electrons. The van der Waals surface area contributed by atoms with Gasteiger partial charge in [0, 0.05) is 10.7 Å². The molecule has 0 atom stereocenters. The van der Waals surface area contributed by atoms with E-state index in [9.17, 15) is 9.59 Å². The number of anilines is 2. The molecule has 1 N–H and O–H groups in total. The fourth-order valence-corrected chi connectivity index (χ4v) is 2.36. The average Bonchev–Trinajstić information content (AvgIpc) is 2.57. The second-order valence-electron chi connectivity index (χ2n) is 4.79. The summed E-state index contributed by atoms with van der Waals surface area (Å²) in [5.74, 6) is 0.783. The summed E-state index contributed by atoms with van der Waals surface area (Å²) >= 11 is 5.89. The van der Waals surface area contributed by atoms with Crippen LogP contribution in [0.15, 0.2) is 51.7 Å². The summed E-state index contributed by atoms with van der Waals surface area (Å²) in [5, 5.41) is 3.60. The van der Waals surface area contributed by atoms with Crippen LogP contribution in [-0.2, 0) is 0 Å². The molecular formula is C17H12ClNO4. The summed E-state index contributed by atoms with van der Waals surface area (Å²) in [6.45, 7) is 0. The van der Waals surface area contributed by atoms with Gasteiger partial charge in [0.25, 0.3) is 0 Å². The lowest BCUT2D eigenvalue weighted by atomic mass is 10.1. The minimum Gasteiger partial charge on any atom is -0.497 e. The number of hydrogen-bond acceptors (Lipinski definition) is 5. The van der Waals surface area contributed by atoms with Gasteiger partial charge in [0.1, 0.15) is 16.9 Å². The zero-order valence-corrected chi connectivity index (χ0v) is 12.9. The van der Waals surface area contributed by atoms with Crippen LogP contribution in [0, 0.1) is 0 Å². The molecule has 1 aromatic heterocycles. The molecule has 3 rings (SSSR count). The third-order valence-electron chi connectivity index (χ3n) is 3.35. The highest BCUT2D eigenvalue weighted by Crippen LogP contribution is 2.25. The number of fused-ring (bicyclic) bond motifs is 1. The lowest BCUT2D eigenvalue weighted by Gasteiger charge is -2.09. The number of carbonyl (C=O) groups is 1. The Hall–Kier alpha value is -2.79. The van der Waals surface area contributed by atoms with Crippen LogP contribution in [-0.4, -0.2) is 13.4 Å². The van der Waals surface area contributed by atoms with Crippen molar-refractivity contribution in [2.45, 2.75) is 0 Å². The van der Waals surface area contributed by atoms with Gasteiger partial charge in [-0.05, 0) is 42.5 Å². The quantitative estimate of drug-likeness (QED) is 0.732. The Labute approximate surface area is 136 Å². The number of aldehydes is 1. The molecule has 0 aliphatic heterocycles. The number of hydrogen-bond donors (Lipinski definition) is 1. The number of nitrogens with one attached hydrogen (secondary N) is 1. The van der Waals surface area contributed by atoms with Crippen LogP contribution in [0.2, 0.25) is 5.02 Å². The number of rotatable bonds is 4. The minimum absolute atomic E-state index is 0.0874. The Morgan fingerprint density at radius 1 is 1.17 bits per heavy atom. The van der Waals surface area contributed by atoms with Crippen LogP contribution in [0.25, 0.3) is 11.0 Å². The second-order valence-corrected chi connectivity index (χ2v) is 5.22. The van der Waals surface area contributed by atoms with Crippen molar-refractivity contribution >= 4 is 40.4 Å². The first-order chi connectivity index (χ1) is 11.1. The largest absolute Gasteiger partial charge is 0.497 e. The smallest absolute Gasteiger partial charge is 0.212 e. The zero-order valence-electron chi connectivity index (χ0n) is 12.1. The highest BCUT2D eigenvalue weighted by Gasteiger charge is 2.14. The van der Waals surface area contributed by atoms with Crippen molar-refractivity contribution in [3.8, 4) is 5.75 Å². The summed E-state index contributed by atoms with van der Waals surface area (Å²) in [5.41, 5.74) is 0.488. The number of benzene rings is 2. The summed E-state index contributed by atoms with van der Waals surface area (Å²) in [6.07, 6.45) is 0.470. The van der Waals surface area contributed by atoms with Gasteiger partial charge in [-0.3, -0.25) is 9.59 Å². The molecule has 0 saturated carbocycles. The molecule has 0 saturated heterocycles. The van der Waals surface area contributed by atoms with Gasteiger partial charge in [0.15, 0.2) is 6.29 Å². The van der Waals surface area contributed by atoms with Crippen LogP contribution in [0.3, 0.4) is 0 Å². The number of carbonyl (C=O) groups excluding carboxylic acids is 1. The number of halogens is 1. The van der Waals surface area contributed by atoms with Gasteiger partial charge in [0.05, 0.1) is 12.5 Å². The fraction of sp³-hybridized carbons (Fsp3) is 0.0588. The van der Waals surface area contributed by atoms with E-state index in [1.54, 1.807) is 43.5 Å². The fourth-order valence-electron chi connectivity index (χ4n) is 2.19. The lowest BCUT2D eigenvalue weighted by Crippen LogP contribution is -2.11. The molecule has 0 spiro atoms. The predicted octanol–water partition coefficient (Wildman–Crippen LogP) is 4.01. The maximum Gasteiger partial charge on any atom is 0.212 e. The summed E-state index contributed by atoms with van der Waals surface area (Å²) in [6, 6.07) is 11.7. The summed E-state index contributed by atoms with van der Waals surface area (Å²) in [4.78, 5) is 23.7. The van der Waals surface area contributed by atoms with Crippen molar-refractivity contribution in [3.05, 3.63) is 63.3 Å². The third-order valence-corrected chi connectivity index (χ3v) is 3.59. The molecule has 0 bridgehead atoms. The Kier molecular flexibility index (Phi) is 4.04. The molecule has 0 fully saturated rings. The topological polar surface area (TPSA) is 68.5 Å². The standard InChI is InChI=1S/C17H12ClNO4/c1-22-12-5-3-11(4-6-12)19-17-14(9-20)16(21)13-8-10(18)2-7-15(13)23-17/h2-9,19H,1H3. The van der Waals surface area contributed by atoms with Crippen LogP contribution < -0.4 is 15.5 Å². The van der Waals surface area contributed by atoms with E-state index in [0.29, 0.717) is 28.3 Å². The molecule has 2 aromatic carbocycles. The van der Waals surface area contributed by atoms with Crippen molar-refractivity contribution in [1.82, 2.24) is 0 Å². The van der Waals surface area contributed by atoms with E-state index in [1.807, 2.05) is 0 Å². The highest BCUT2D eigenvalue weighted by molar-refractivity contribution is 6.31. The van der Waals surface area contributed by atoms with Gasteiger partial charge in [0.2, 0.25) is 11.3 Å². The minimum atomic E-state index is -0.431. The first kappa shape index (κ1) is 15.1. The molecule has 6 heteroatoms. The SMILES string of the molecule is COc1ccc(Nc2oc3ccc(Cl)cc3c(=O)c2C=O)cc1. The molecule has 3 aromatic rings. The van der Waals surface area contributed by atoms with E-state index in [0.717, 1.165) is 0 Å². The molecule has 5 nitrogen and oxygen atoms in total. The first-order valence-corrected chi connectivity index (χ1v) is 7.13. The van der Waals surface area contributed by atoms with E-state index in [1.165, 1.54) is 6.07 Å². The molecule has 116 valence electrons. The molecule has 23 heavy (non-hydrogen) atoms.